The fourth-order valence-corrected chi connectivity index (χ4v) is 4.70. The molecule has 0 N–H and O–H groups in total. The molecule has 1 aromatic carbocycles. The van der Waals surface area contributed by atoms with Crippen LogP contribution in [-0.4, -0.2) is 84.7 Å². The maximum atomic E-state index is 12.5. The van der Waals surface area contributed by atoms with Crippen molar-refractivity contribution in [2.24, 2.45) is 0 Å². The lowest BCUT2D eigenvalue weighted by atomic mass is 10.2. The maximum Gasteiger partial charge on any atom is 0.251 e. The summed E-state index contributed by atoms with van der Waals surface area (Å²) in [6, 6.07) is 8.32. The van der Waals surface area contributed by atoms with Crippen LogP contribution in [0.2, 0.25) is 0 Å². The maximum absolute atomic E-state index is 12.5. The largest absolute Gasteiger partial charge is 0.492 e. The van der Waals surface area contributed by atoms with Crippen LogP contribution in [0.1, 0.15) is 24.1 Å². The van der Waals surface area contributed by atoms with Crippen molar-refractivity contribution in [3.63, 3.8) is 0 Å². The minimum Gasteiger partial charge on any atom is -0.492 e. The Hall–Kier alpha value is -2.00. The van der Waals surface area contributed by atoms with Gasteiger partial charge in [0, 0.05) is 57.8 Å². The average molecular weight is 445 g/mol. The van der Waals surface area contributed by atoms with Crippen molar-refractivity contribution >= 4 is 17.2 Å². The highest BCUT2D eigenvalue weighted by Gasteiger charge is 2.30. The van der Waals surface area contributed by atoms with Crippen molar-refractivity contribution < 1.29 is 14.3 Å². The summed E-state index contributed by atoms with van der Waals surface area (Å²) in [6.07, 6.45) is 1.66. The second kappa shape index (κ2) is 11.0. The summed E-state index contributed by atoms with van der Waals surface area (Å²) in [4.78, 5) is 23.4. The highest BCUT2D eigenvalue weighted by Crippen LogP contribution is 2.17. The number of hydrogen-bond donors (Lipinski definition) is 0. The minimum atomic E-state index is -0.206. The van der Waals surface area contributed by atoms with Gasteiger partial charge >= 0.3 is 0 Å². The summed E-state index contributed by atoms with van der Waals surface area (Å²) < 4.78 is 11.6. The Morgan fingerprint density at radius 3 is 2.90 bits per heavy atom. The molecule has 1 atom stereocenters. The van der Waals surface area contributed by atoms with Crippen LogP contribution in [0.3, 0.4) is 0 Å². The third kappa shape index (κ3) is 6.49. The number of carbonyl (C=O) groups is 1. The van der Waals surface area contributed by atoms with Gasteiger partial charge in [0.05, 0.1) is 11.2 Å². The van der Waals surface area contributed by atoms with E-state index in [-0.39, 0.29) is 12.0 Å². The molecule has 31 heavy (non-hydrogen) atoms. The van der Waals surface area contributed by atoms with E-state index in [0.29, 0.717) is 6.61 Å². The van der Waals surface area contributed by atoms with Crippen LogP contribution in [0.25, 0.3) is 0 Å². The van der Waals surface area contributed by atoms with Crippen molar-refractivity contribution in [2.75, 3.05) is 53.0 Å². The second-order valence-corrected chi connectivity index (χ2v) is 9.04. The van der Waals surface area contributed by atoms with Crippen molar-refractivity contribution in [1.29, 1.82) is 0 Å². The van der Waals surface area contributed by atoms with E-state index >= 15 is 0 Å². The monoisotopic (exact) mass is 444 g/mol. The van der Waals surface area contributed by atoms with Crippen LogP contribution < -0.4 is 4.74 Å². The van der Waals surface area contributed by atoms with Crippen molar-refractivity contribution in [3.8, 4) is 5.75 Å². The fourth-order valence-electron chi connectivity index (χ4n) is 4.15. The van der Waals surface area contributed by atoms with E-state index in [1.54, 1.807) is 11.3 Å². The normalized spacial score (nSPS) is 19.8. The van der Waals surface area contributed by atoms with E-state index < -0.39 is 0 Å². The molecule has 7 nitrogen and oxygen atoms in total. The van der Waals surface area contributed by atoms with E-state index in [2.05, 4.69) is 45.4 Å². The molecule has 1 aromatic heterocycles. The molecule has 2 aliphatic rings. The summed E-state index contributed by atoms with van der Waals surface area (Å²) in [5.74, 6) is 1.08. The van der Waals surface area contributed by atoms with Gasteiger partial charge < -0.3 is 14.4 Å². The van der Waals surface area contributed by atoms with E-state index in [9.17, 15) is 4.79 Å². The van der Waals surface area contributed by atoms with Crippen LogP contribution in [0.15, 0.2) is 35.2 Å². The lowest BCUT2D eigenvalue weighted by Crippen LogP contribution is -2.52. The molecule has 0 bridgehead atoms. The van der Waals surface area contributed by atoms with Gasteiger partial charge in [-0.2, -0.15) is 0 Å². The number of nitrogens with zero attached hydrogens (tertiary/aromatic N) is 4. The third-order valence-electron chi connectivity index (χ3n) is 5.83. The van der Waals surface area contributed by atoms with Crippen molar-refractivity contribution in [3.05, 3.63) is 46.4 Å². The number of piperazine rings is 1. The standard InChI is InChI=1S/C23H32N4O3S/c1-25(16-20-17-31-18-24-20)15-19-4-2-5-21(14-19)29-13-11-26-7-9-27(10-8-26)23(28)22-6-3-12-30-22/h2,4-5,14,17-18,22H,3,6-13,15-16H2,1H3. The molecule has 0 aliphatic carbocycles. The Morgan fingerprint density at radius 2 is 2.16 bits per heavy atom. The third-order valence-corrected chi connectivity index (χ3v) is 6.47. The molecule has 168 valence electrons. The van der Waals surface area contributed by atoms with Gasteiger partial charge in [-0.1, -0.05) is 12.1 Å². The fraction of sp³-hybridized carbons (Fsp3) is 0.565. The molecule has 2 fully saturated rings. The van der Waals surface area contributed by atoms with Crippen LogP contribution in [-0.2, 0) is 22.6 Å². The first-order valence-corrected chi connectivity index (χ1v) is 12.0. The molecule has 3 heterocycles. The van der Waals surface area contributed by atoms with E-state index in [4.69, 9.17) is 9.47 Å². The van der Waals surface area contributed by atoms with Crippen molar-refractivity contribution in [2.45, 2.75) is 32.0 Å². The van der Waals surface area contributed by atoms with E-state index in [1.165, 1.54) is 5.56 Å². The summed E-state index contributed by atoms with van der Waals surface area (Å²) in [7, 11) is 2.11. The minimum absolute atomic E-state index is 0.171. The molecule has 4 rings (SSSR count). The number of rotatable bonds is 9. The predicted molar refractivity (Wildman–Crippen MR) is 121 cm³/mol. The van der Waals surface area contributed by atoms with Gasteiger partial charge in [-0.25, -0.2) is 4.98 Å². The Bertz CT molecular complexity index is 818. The first-order chi connectivity index (χ1) is 15.2. The predicted octanol–water partition coefficient (Wildman–Crippen LogP) is 2.48. The number of ether oxygens (including phenoxy) is 2. The number of hydrogen-bond acceptors (Lipinski definition) is 7. The summed E-state index contributed by atoms with van der Waals surface area (Å²) in [6.45, 7) is 7.28. The highest BCUT2D eigenvalue weighted by molar-refractivity contribution is 7.07. The summed E-state index contributed by atoms with van der Waals surface area (Å²) in [5.41, 5.74) is 4.22. The molecule has 2 saturated heterocycles. The Morgan fingerprint density at radius 1 is 1.29 bits per heavy atom. The highest BCUT2D eigenvalue weighted by atomic mass is 32.1. The topological polar surface area (TPSA) is 58.1 Å². The molecule has 0 radical (unpaired) electrons. The Labute approximate surface area is 188 Å². The van der Waals surface area contributed by atoms with Gasteiger partial charge in [0.15, 0.2) is 0 Å². The van der Waals surface area contributed by atoms with Gasteiger partial charge in [-0.3, -0.25) is 14.6 Å². The first-order valence-electron chi connectivity index (χ1n) is 11.1. The Balaban J connectivity index is 1.16. The molecule has 0 saturated carbocycles. The zero-order valence-electron chi connectivity index (χ0n) is 18.2. The molecule has 1 amide bonds. The SMILES string of the molecule is CN(Cc1cccc(OCCN2CCN(C(=O)C3CCCO3)CC2)c1)Cc1cscn1. The van der Waals surface area contributed by atoms with Crippen LogP contribution in [0, 0.1) is 0 Å². The molecule has 8 heteroatoms. The zero-order valence-corrected chi connectivity index (χ0v) is 19.1. The van der Waals surface area contributed by atoms with E-state index in [1.807, 2.05) is 16.5 Å². The molecule has 0 spiro atoms. The van der Waals surface area contributed by atoms with Gasteiger partial charge in [-0.05, 0) is 37.6 Å². The smallest absolute Gasteiger partial charge is 0.251 e. The number of benzene rings is 1. The summed E-state index contributed by atoms with van der Waals surface area (Å²) in [5, 5.41) is 2.09. The van der Waals surface area contributed by atoms with E-state index in [0.717, 1.165) is 76.7 Å². The quantitative estimate of drug-likeness (QED) is 0.592. The molecule has 2 aromatic rings. The molecule has 1 unspecified atom stereocenters. The van der Waals surface area contributed by atoms with Crippen LogP contribution in [0.4, 0.5) is 0 Å². The van der Waals surface area contributed by atoms with Crippen molar-refractivity contribution in [1.82, 2.24) is 19.7 Å². The second-order valence-electron chi connectivity index (χ2n) is 8.32. The average Bonchev–Trinajstić information content (AvgIpc) is 3.48. The lowest BCUT2D eigenvalue weighted by molar-refractivity contribution is -0.142. The summed E-state index contributed by atoms with van der Waals surface area (Å²) >= 11 is 1.63. The molecular weight excluding hydrogens is 412 g/mol. The number of aromatic nitrogens is 1. The number of carbonyl (C=O) groups excluding carboxylic acids is 1. The number of thiazole rings is 1. The zero-order chi connectivity index (χ0) is 21.5. The molecular formula is C23H32N4O3S. The van der Waals surface area contributed by atoms with Crippen LogP contribution in [0.5, 0.6) is 5.75 Å². The van der Waals surface area contributed by atoms with Gasteiger partial charge in [0.2, 0.25) is 0 Å². The van der Waals surface area contributed by atoms with Crippen LogP contribution >= 0.6 is 11.3 Å². The molecule has 2 aliphatic heterocycles. The first kappa shape index (κ1) is 22.2. The van der Waals surface area contributed by atoms with Gasteiger partial charge in [0.25, 0.3) is 5.91 Å². The van der Waals surface area contributed by atoms with Gasteiger partial charge in [0.1, 0.15) is 18.5 Å². The number of amides is 1. The lowest BCUT2D eigenvalue weighted by Gasteiger charge is -2.35. The van der Waals surface area contributed by atoms with Gasteiger partial charge in [-0.15, -0.1) is 11.3 Å². The Kier molecular flexibility index (Phi) is 7.91.